The summed E-state index contributed by atoms with van der Waals surface area (Å²) in [7, 11) is 0. The van der Waals surface area contributed by atoms with E-state index in [4.69, 9.17) is 4.74 Å². The first-order valence-electron chi connectivity index (χ1n) is 5.55. The Balaban J connectivity index is 2.49. The van der Waals surface area contributed by atoms with E-state index in [1.54, 1.807) is 6.92 Å². The molecule has 1 aromatic carbocycles. The van der Waals surface area contributed by atoms with E-state index in [9.17, 15) is 5.11 Å². The number of ether oxygens (including phenoxy) is 1. The van der Waals surface area contributed by atoms with E-state index in [-0.39, 0.29) is 12.2 Å². The van der Waals surface area contributed by atoms with Gasteiger partial charge < -0.3 is 9.84 Å². The van der Waals surface area contributed by atoms with Crippen molar-refractivity contribution >= 4 is 0 Å². The molecular formula is C13H20O2. The molecule has 0 saturated carbocycles. The Morgan fingerprint density at radius 2 is 1.80 bits per heavy atom. The highest BCUT2D eigenvalue weighted by Gasteiger charge is 2.07. The third kappa shape index (κ3) is 4.34. The van der Waals surface area contributed by atoms with Crippen LogP contribution in [0.4, 0.5) is 0 Å². The van der Waals surface area contributed by atoms with Crippen molar-refractivity contribution in [1.29, 1.82) is 0 Å². The summed E-state index contributed by atoms with van der Waals surface area (Å²) in [5, 5.41) is 9.20. The second-order valence-corrected chi connectivity index (χ2v) is 4.01. The van der Waals surface area contributed by atoms with Crippen LogP contribution in [0.2, 0.25) is 0 Å². The van der Waals surface area contributed by atoms with Crippen LogP contribution in [0.15, 0.2) is 24.3 Å². The van der Waals surface area contributed by atoms with Gasteiger partial charge in [-0.1, -0.05) is 19.1 Å². The predicted molar refractivity (Wildman–Crippen MR) is 62.2 cm³/mol. The fraction of sp³-hybridized carbons (Fsp3) is 0.538. The Morgan fingerprint density at radius 1 is 1.20 bits per heavy atom. The topological polar surface area (TPSA) is 29.5 Å². The largest absolute Gasteiger partial charge is 0.491 e. The molecule has 0 spiro atoms. The number of aliphatic hydroxyl groups excluding tert-OH is 1. The van der Waals surface area contributed by atoms with Crippen LogP contribution in [-0.2, 0) is 6.42 Å². The minimum absolute atomic E-state index is 0.0532. The Bertz CT molecular complexity index is 277. The molecule has 0 aliphatic heterocycles. The molecule has 0 saturated heterocycles. The Morgan fingerprint density at radius 3 is 2.27 bits per heavy atom. The molecule has 2 nitrogen and oxygen atoms in total. The quantitative estimate of drug-likeness (QED) is 0.806. The maximum Gasteiger partial charge on any atom is 0.119 e. The molecule has 15 heavy (non-hydrogen) atoms. The molecule has 0 radical (unpaired) electrons. The molecular weight excluding hydrogens is 188 g/mol. The minimum Gasteiger partial charge on any atom is -0.491 e. The number of benzene rings is 1. The monoisotopic (exact) mass is 208 g/mol. The van der Waals surface area contributed by atoms with Crippen molar-refractivity contribution in [3.63, 3.8) is 0 Å². The van der Waals surface area contributed by atoms with Crippen molar-refractivity contribution in [3.8, 4) is 5.75 Å². The van der Waals surface area contributed by atoms with Crippen molar-refractivity contribution in [2.45, 2.75) is 45.8 Å². The van der Waals surface area contributed by atoms with Crippen LogP contribution < -0.4 is 4.74 Å². The summed E-state index contributed by atoms with van der Waals surface area (Å²) >= 11 is 0. The van der Waals surface area contributed by atoms with Gasteiger partial charge in [-0.05, 0) is 38.0 Å². The van der Waals surface area contributed by atoms with E-state index in [0.29, 0.717) is 6.42 Å². The number of aryl methyl sites for hydroxylation is 1. The summed E-state index contributed by atoms with van der Waals surface area (Å²) in [6, 6.07) is 8.11. The molecule has 1 N–H and O–H groups in total. The summed E-state index contributed by atoms with van der Waals surface area (Å²) in [5.74, 6) is 0.875. The zero-order valence-corrected chi connectivity index (χ0v) is 9.73. The van der Waals surface area contributed by atoms with Gasteiger partial charge in [0, 0.05) is 6.42 Å². The van der Waals surface area contributed by atoms with E-state index in [2.05, 4.69) is 19.1 Å². The van der Waals surface area contributed by atoms with Gasteiger partial charge in [0.2, 0.25) is 0 Å². The van der Waals surface area contributed by atoms with Gasteiger partial charge in [-0.25, -0.2) is 0 Å². The van der Waals surface area contributed by atoms with Crippen molar-refractivity contribution in [3.05, 3.63) is 29.8 Å². The standard InChI is InChI=1S/C13H20O2/c1-4-12-5-7-13(8-6-12)15-11(3)9-10(2)14/h5-8,10-11,14H,4,9H2,1-3H3. The Kier molecular flexibility index (Phi) is 4.63. The van der Waals surface area contributed by atoms with E-state index in [1.165, 1.54) is 5.56 Å². The predicted octanol–water partition coefficient (Wildman–Crippen LogP) is 2.79. The average Bonchev–Trinajstić information content (AvgIpc) is 2.17. The first-order chi connectivity index (χ1) is 7.11. The van der Waals surface area contributed by atoms with Gasteiger partial charge in [0.05, 0.1) is 12.2 Å². The van der Waals surface area contributed by atoms with Crippen LogP contribution in [-0.4, -0.2) is 17.3 Å². The lowest BCUT2D eigenvalue weighted by Gasteiger charge is -2.16. The Hall–Kier alpha value is -1.02. The first-order valence-corrected chi connectivity index (χ1v) is 5.55. The van der Waals surface area contributed by atoms with Crippen LogP contribution in [0.3, 0.4) is 0 Å². The van der Waals surface area contributed by atoms with Crippen molar-refractivity contribution in [1.82, 2.24) is 0 Å². The third-order valence-electron chi connectivity index (χ3n) is 2.34. The summed E-state index contributed by atoms with van der Waals surface area (Å²) in [6.45, 7) is 5.88. The number of rotatable bonds is 5. The molecule has 0 aromatic heterocycles. The van der Waals surface area contributed by atoms with E-state index in [0.717, 1.165) is 12.2 Å². The summed E-state index contributed by atoms with van der Waals surface area (Å²) < 4.78 is 5.66. The SMILES string of the molecule is CCc1ccc(OC(C)CC(C)O)cc1. The molecule has 0 fully saturated rings. The summed E-state index contributed by atoms with van der Waals surface area (Å²) in [4.78, 5) is 0. The fourth-order valence-electron chi connectivity index (χ4n) is 1.56. The number of hydrogen-bond donors (Lipinski definition) is 1. The minimum atomic E-state index is -0.310. The van der Waals surface area contributed by atoms with Crippen LogP contribution >= 0.6 is 0 Å². The maximum absolute atomic E-state index is 9.20. The molecule has 2 atom stereocenters. The second kappa shape index (κ2) is 5.76. The molecule has 0 heterocycles. The smallest absolute Gasteiger partial charge is 0.119 e. The highest BCUT2D eigenvalue weighted by atomic mass is 16.5. The zero-order chi connectivity index (χ0) is 11.3. The number of hydrogen-bond acceptors (Lipinski definition) is 2. The molecule has 0 aliphatic rings. The Labute approximate surface area is 91.9 Å². The lowest BCUT2D eigenvalue weighted by molar-refractivity contribution is 0.115. The molecule has 0 aliphatic carbocycles. The molecule has 2 unspecified atom stereocenters. The van der Waals surface area contributed by atoms with Crippen molar-refractivity contribution in [2.75, 3.05) is 0 Å². The molecule has 84 valence electrons. The normalized spacial score (nSPS) is 14.7. The van der Waals surface area contributed by atoms with E-state index in [1.807, 2.05) is 19.1 Å². The second-order valence-electron chi connectivity index (χ2n) is 4.01. The van der Waals surface area contributed by atoms with Gasteiger partial charge in [0.25, 0.3) is 0 Å². The van der Waals surface area contributed by atoms with Gasteiger partial charge >= 0.3 is 0 Å². The van der Waals surface area contributed by atoms with Gasteiger partial charge in [0.15, 0.2) is 0 Å². The van der Waals surface area contributed by atoms with Gasteiger partial charge in [-0.15, -0.1) is 0 Å². The van der Waals surface area contributed by atoms with Gasteiger partial charge in [0.1, 0.15) is 5.75 Å². The maximum atomic E-state index is 9.20. The van der Waals surface area contributed by atoms with Crippen LogP contribution in [0.1, 0.15) is 32.8 Å². The van der Waals surface area contributed by atoms with Gasteiger partial charge in [-0.2, -0.15) is 0 Å². The van der Waals surface area contributed by atoms with E-state index >= 15 is 0 Å². The third-order valence-corrected chi connectivity index (χ3v) is 2.34. The van der Waals surface area contributed by atoms with Crippen molar-refractivity contribution in [2.24, 2.45) is 0 Å². The molecule has 2 heteroatoms. The van der Waals surface area contributed by atoms with Crippen molar-refractivity contribution < 1.29 is 9.84 Å². The lowest BCUT2D eigenvalue weighted by atomic mass is 10.1. The molecule has 0 amide bonds. The zero-order valence-electron chi connectivity index (χ0n) is 9.73. The average molecular weight is 208 g/mol. The van der Waals surface area contributed by atoms with Crippen LogP contribution in [0.5, 0.6) is 5.75 Å². The van der Waals surface area contributed by atoms with Crippen LogP contribution in [0, 0.1) is 0 Å². The molecule has 1 rings (SSSR count). The number of aliphatic hydroxyl groups is 1. The van der Waals surface area contributed by atoms with E-state index < -0.39 is 0 Å². The fourth-order valence-corrected chi connectivity index (χ4v) is 1.56. The highest BCUT2D eigenvalue weighted by Crippen LogP contribution is 2.15. The lowest BCUT2D eigenvalue weighted by Crippen LogP contribution is -2.18. The van der Waals surface area contributed by atoms with Crippen LogP contribution in [0.25, 0.3) is 0 Å². The summed E-state index contributed by atoms with van der Waals surface area (Å²) in [6.07, 6.45) is 1.45. The van der Waals surface area contributed by atoms with Gasteiger partial charge in [-0.3, -0.25) is 0 Å². The highest BCUT2D eigenvalue weighted by molar-refractivity contribution is 5.27. The molecule has 1 aromatic rings. The summed E-state index contributed by atoms with van der Waals surface area (Å²) in [5.41, 5.74) is 1.31. The first kappa shape index (κ1) is 12.1. The molecule has 0 bridgehead atoms.